The van der Waals surface area contributed by atoms with Crippen LogP contribution in [0.2, 0.25) is 5.02 Å². The lowest BCUT2D eigenvalue weighted by Crippen LogP contribution is -2.00. The second-order valence-electron chi connectivity index (χ2n) is 4.05. The number of aliphatic imine (C=N–C) groups is 1. The van der Waals surface area contributed by atoms with Gasteiger partial charge < -0.3 is 0 Å². The van der Waals surface area contributed by atoms with Crippen molar-refractivity contribution < 1.29 is 5.21 Å². The van der Waals surface area contributed by atoms with Crippen molar-refractivity contribution in [1.29, 1.82) is 0 Å². The van der Waals surface area contributed by atoms with Crippen molar-refractivity contribution in [3.05, 3.63) is 47.5 Å². The number of hydrogen-bond acceptors (Lipinski definition) is 5. The zero-order valence-electron chi connectivity index (χ0n) is 10.7. The van der Waals surface area contributed by atoms with E-state index >= 15 is 0 Å². The number of aromatic nitrogens is 1. The van der Waals surface area contributed by atoms with Crippen molar-refractivity contribution in [2.24, 2.45) is 4.99 Å². The fourth-order valence-electron chi connectivity index (χ4n) is 1.77. The molecule has 4 nitrogen and oxygen atoms in total. The van der Waals surface area contributed by atoms with Gasteiger partial charge in [-0.05, 0) is 30.3 Å². The predicted molar refractivity (Wildman–Crippen MR) is 88.3 cm³/mol. The average Bonchev–Trinajstić information content (AvgIpc) is 2.87. The predicted octanol–water partition coefficient (Wildman–Crippen LogP) is 4.74. The van der Waals surface area contributed by atoms with Crippen LogP contribution in [0.15, 0.2) is 56.7 Å². The summed E-state index contributed by atoms with van der Waals surface area (Å²) in [6, 6.07) is 13.4. The smallest absolute Gasteiger partial charge is 0.155 e. The normalized spacial score (nSPS) is 11.3. The highest BCUT2D eigenvalue weighted by Gasteiger charge is 2.08. The summed E-state index contributed by atoms with van der Waals surface area (Å²) in [7, 11) is 0. The maximum Gasteiger partial charge on any atom is 0.155 e. The summed E-state index contributed by atoms with van der Waals surface area (Å²) in [6.45, 7) is 0. The summed E-state index contributed by atoms with van der Waals surface area (Å²) < 4.78 is 2.02. The minimum atomic E-state index is 0.684. The summed E-state index contributed by atoms with van der Waals surface area (Å²) in [6.07, 6.45) is 1.23. The first-order chi connectivity index (χ1) is 10.3. The van der Waals surface area contributed by atoms with Gasteiger partial charge in [0.25, 0.3) is 0 Å². The molecule has 0 aliphatic carbocycles. The molecule has 0 spiro atoms. The van der Waals surface area contributed by atoms with Crippen LogP contribution in [-0.4, -0.2) is 16.5 Å². The molecule has 3 rings (SSSR count). The largest absolute Gasteiger partial charge is 0.290 e. The number of benzene rings is 2. The third-order valence-corrected chi connectivity index (χ3v) is 5.05. The molecule has 2 aromatic carbocycles. The van der Waals surface area contributed by atoms with Crippen molar-refractivity contribution in [1.82, 2.24) is 10.5 Å². The lowest BCUT2D eigenvalue weighted by Gasteiger charge is -2.01. The fraction of sp³-hybridized carbons (Fsp3) is 0. The molecule has 0 aliphatic heterocycles. The van der Waals surface area contributed by atoms with Crippen molar-refractivity contribution in [2.75, 3.05) is 0 Å². The van der Waals surface area contributed by atoms with Crippen molar-refractivity contribution in [3.63, 3.8) is 0 Å². The molecule has 21 heavy (non-hydrogen) atoms. The Labute approximate surface area is 134 Å². The zero-order valence-corrected chi connectivity index (χ0v) is 13.0. The highest BCUT2D eigenvalue weighted by atomic mass is 35.5. The number of hydroxylamine groups is 1. The van der Waals surface area contributed by atoms with Gasteiger partial charge in [0.1, 0.15) is 6.34 Å². The van der Waals surface area contributed by atoms with Crippen molar-refractivity contribution >= 4 is 56.9 Å². The van der Waals surface area contributed by atoms with Crippen LogP contribution in [-0.2, 0) is 0 Å². The standard InChI is InChI=1S/C14H10ClN3OS2/c15-9-5-6-13-11(7-9)18-14(21-13)20-12-4-2-1-3-10(12)16-8-17-19/h1-8,19H,(H,16,17). The van der Waals surface area contributed by atoms with Crippen LogP contribution < -0.4 is 5.48 Å². The minimum absolute atomic E-state index is 0.684. The Morgan fingerprint density at radius 1 is 1.29 bits per heavy atom. The number of fused-ring (bicyclic) bond motifs is 1. The molecule has 0 fully saturated rings. The molecule has 0 unspecified atom stereocenters. The highest BCUT2D eigenvalue weighted by Crippen LogP contribution is 2.38. The molecule has 1 heterocycles. The lowest BCUT2D eigenvalue weighted by molar-refractivity contribution is 0.240. The second kappa shape index (κ2) is 6.44. The van der Waals surface area contributed by atoms with E-state index < -0.39 is 0 Å². The van der Waals surface area contributed by atoms with E-state index in [9.17, 15) is 0 Å². The molecule has 3 aromatic rings. The van der Waals surface area contributed by atoms with Gasteiger partial charge in [-0.3, -0.25) is 10.7 Å². The zero-order chi connectivity index (χ0) is 14.7. The van der Waals surface area contributed by atoms with Crippen LogP contribution in [0.5, 0.6) is 0 Å². The monoisotopic (exact) mass is 335 g/mol. The van der Waals surface area contributed by atoms with Crippen LogP contribution in [0.3, 0.4) is 0 Å². The first-order valence-electron chi connectivity index (χ1n) is 6.01. The molecule has 0 atom stereocenters. The van der Waals surface area contributed by atoms with E-state index in [1.807, 2.05) is 47.9 Å². The van der Waals surface area contributed by atoms with Gasteiger partial charge in [0.2, 0.25) is 0 Å². The Hall–Kier alpha value is -1.60. The lowest BCUT2D eigenvalue weighted by atomic mass is 10.3. The number of nitrogens with one attached hydrogen (secondary N) is 1. The van der Waals surface area contributed by atoms with Crippen LogP contribution in [0, 0.1) is 0 Å². The molecule has 0 saturated carbocycles. The van der Waals surface area contributed by atoms with Crippen LogP contribution in [0.4, 0.5) is 5.69 Å². The number of nitrogens with zero attached hydrogens (tertiary/aromatic N) is 2. The summed E-state index contributed by atoms with van der Waals surface area (Å²) in [5, 5.41) is 9.28. The Morgan fingerprint density at radius 3 is 3.00 bits per heavy atom. The molecular weight excluding hydrogens is 326 g/mol. The average molecular weight is 336 g/mol. The molecule has 0 amide bonds. The fourth-order valence-corrected chi connectivity index (χ4v) is 4.02. The van der Waals surface area contributed by atoms with Gasteiger partial charge in [-0.15, -0.1) is 11.3 Å². The molecule has 0 radical (unpaired) electrons. The van der Waals surface area contributed by atoms with Crippen molar-refractivity contribution in [3.8, 4) is 0 Å². The maximum atomic E-state index is 8.60. The summed E-state index contributed by atoms with van der Waals surface area (Å²) in [4.78, 5) is 9.67. The Bertz CT molecular complexity index is 804. The van der Waals surface area contributed by atoms with Crippen LogP contribution >= 0.6 is 34.7 Å². The van der Waals surface area contributed by atoms with E-state index in [1.54, 1.807) is 11.3 Å². The molecule has 0 bridgehead atoms. The molecule has 0 aliphatic rings. The maximum absolute atomic E-state index is 8.60. The minimum Gasteiger partial charge on any atom is -0.290 e. The van der Waals surface area contributed by atoms with Gasteiger partial charge >= 0.3 is 0 Å². The molecule has 106 valence electrons. The first kappa shape index (κ1) is 14.3. The van der Waals surface area contributed by atoms with E-state index in [-0.39, 0.29) is 0 Å². The third-order valence-electron chi connectivity index (χ3n) is 2.65. The second-order valence-corrected chi connectivity index (χ2v) is 6.81. The van der Waals surface area contributed by atoms with Crippen molar-refractivity contribution in [2.45, 2.75) is 9.24 Å². The summed E-state index contributed by atoms with van der Waals surface area (Å²) >= 11 is 9.13. The van der Waals surface area contributed by atoms with Crippen LogP contribution in [0.1, 0.15) is 0 Å². The van der Waals surface area contributed by atoms with E-state index in [0.29, 0.717) is 5.02 Å². The van der Waals surface area contributed by atoms with Crippen LogP contribution in [0.25, 0.3) is 10.2 Å². The molecule has 0 saturated heterocycles. The van der Waals surface area contributed by atoms with Gasteiger partial charge in [0, 0.05) is 9.92 Å². The first-order valence-corrected chi connectivity index (χ1v) is 8.02. The Kier molecular flexibility index (Phi) is 4.40. The topological polar surface area (TPSA) is 57.5 Å². The van der Waals surface area contributed by atoms with Gasteiger partial charge in [0.05, 0.1) is 15.9 Å². The van der Waals surface area contributed by atoms with E-state index in [0.717, 1.165) is 25.1 Å². The molecule has 7 heteroatoms. The third kappa shape index (κ3) is 3.36. The number of para-hydroxylation sites is 1. The quantitative estimate of drug-likeness (QED) is 0.411. The van der Waals surface area contributed by atoms with Gasteiger partial charge in [-0.2, -0.15) is 0 Å². The number of hydrogen-bond donors (Lipinski definition) is 2. The van der Waals surface area contributed by atoms with Gasteiger partial charge in [-0.1, -0.05) is 35.5 Å². The molecule has 2 N–H and O–H groups in total. The number of halogens is 1. The molecule has 1 aromatic heterocycles. The highest BCUT2D eigenvalue weighted by molar-refractivity contribution is 8.01. The van der Waals surface area contributed by atoms with Gasteiger partial charge in [0.15, 0.2) is 4.34 Å². The Balaban J connectivity index is 1.93. The summed E-state index contributed by atoms with van der Waals surface area (Å²) in [5.41, 5.74) is 3.57. The molecular formula is C14H10ClN3OS2. The number of rotatable bonds is 4. The Morgan fingerprint density at radius 2 is 2.14 bits per heavy atom. The van der Waals surface area contributed by atoms with Gasteiger partial charge in [-0.25, -0.2) is 9.98 Å². The van der Waals surface area contributed by atoms with E-state index in [1.165, 1.54) is 18.1 Å². The van der Waals surface area contributed by atoms with E-state index in [4.69, 9.17) is 16.8 Å². The summed E-state index contributed by atoms with van der Waals surface area (Å²) in [5.74, 6) is 0. The SMILES string of the molecule is ONC=Nc1ccccc1Sc1nc2cc(Cl)ccc2s1. The number of thiazole rings is 1. The van der Waals surface area contributed by atoms with E-state index in [2.05, 4.69) is 9.98 Å².